The number of carbonyl (C=O) groups is 1. The van der Waals surface area contributed by atoms with E-state index >= 15 is 0 Å². The fourth-order valence-corrected chi connectivity index (χ4v) is 2.80. The van der Waals surface area contributed by atoms with Gasteiger partial charge in [-0.25, -0.2) is 0 Å². The Morgan fingerprint density at radius 2 is 1.83 bits per heavy atom. The first-order valence-corrected chi connectivity index (χ1v) is 8.10. The minimum absolute atomic E-state index is 0.156. The van der Waals surface area contributed by atoms with E-state index in [0.29, 0.717) is 10.0 Å². The normalized spacial score (nSPS) is 11.7. The highest BCUT2D eigenvalue weighted by atomic mass is 35.5. The summed E-state index contributed by atoms with van der Waals surface area (Å²) in [6.07, 6.45) is 3.93. The van der Waals surface area contributed by atoms with Crippen LogP contribution >= 0.6 is 23.2 Å². The van der Waals surface area contributed by atoms with E-state index in [1.165, 1.54) is 11.6 Å². The van der Waals surface area contributed by atoms with Gasteiger partial charge < -0.3 is 5.32 Å². The Morgan fingerprint density at radius 1 is 1.13 bits per heavy atom. The van der Waals surface area contributed by atoms with Crippen molar-refractivity contribution in [2.75, 3.05) is 0 Å². The minimum Gasteiger partial charge on any atom is -0.347 e. The molecule has 0 saturated heterocycles. The van der Waals surface area contributed by atoms with Gasteiger partial charge in [-0.15, -0.1) is 0 Å². The van der Waals surface area contributed by atoms with E-state index in [9.17, 15) is 4.79 Å². The molecule has 2 aromatic rings. The highest BCUT2D eigenvalue weighted by Gasteiger charge is 2.19. The Labute approximate surface area is 147 Å². The molecule has 1 N–H and O–H groups in total. The molecule has 0 spiro atoms. The van der Waals surface area contributed by atoms with E-state index < -0.39 is 0 Å². The Hall–Kier alpha value is -1.77. The topological polar surface area (TPSA) is 29.1 Å². The van der Waals surface area contributed by atoms with Crippen LogP contribution in [0.3, 0.4) is 0 Å². The summed E-state index contributed by atoms with van der Waals surface area (Å²) in [5.41, 5.74) is 1.60. The van der Waals surface area contributed by atoms with Gasteiger partial charge in [0.25, 0.3) is 0 Å². The molecule has 23 heavy (non-hydrogen) atoms. The van der Waals surface area contributed by atoms with Crippen LogP contribution in [-0.4, -0.2) is 11.4 Å². The molecular formula is C19H19Cl2NO. The van der Waals surface area contributed by atoms with Crippen LogP contribution in [0, 0.1) is 0 Å². The van der Waals surface area contributed by atoms with Crippen molar-refractivity contribution >= 4 is 35.2 Å². The maximum absolute atomic E-state index is 12.1. The lowest BCUT2D eigenvalue weighted by Gasteiger charge is -2.25. The highest BCUT2D eigenvalue weighted by molar-refractivity contribution is 6.35. The summed E-state index contributed by atoms with van der Waals surface area (Å²) >= 11 is 11.9. The average molecular weight is 348 g/mol. The van der Waals surface area contributed by atoms with Gasteiger partial charge in [0.15, 0.2) is 0 Å². The lowest BCUT2D eigenvalue weighted by Crippen LogP contribution is -2.44. The maximum Gasteiger partial charge on any atom is 0.244 e. The smallest absolute Gasteiger partial charge is 0.244 e. The first-order chi connectivity index (χ1) is 10.9. The van der Waals surface area contributed by atoms with Crippen molar-refractivity contribution in [1.29, 1.82) is 0 Å². The van der Waals surface area contributed by atoms with Crippen molar-refractivity contribution in [3.05, 3.63) is 75.8 Å². The molecular weight excluding hydrogens is 329 g/mol. The number of nitrogens with one attached hydrogen (secondary N) is 1. The Bertz CT molecular complexity index is 709. The zero-order valence-electron chi connectivity index (χ0n) is 13.1. The van der Waals surface area contributed by atoms with E-state index in [2.05, 4.69) is 17.4 Å². The molecule has 0 heterocycles. The number of halogens is 2. The third-order valence-corrected chi connectivity index (χ3v) is 3.89. The van der Waals surface area contributed by atoms with Crippen LogP contribution in [0.15, 0.2) is 54.6 Å². The van der Waals surface area contributed by atoms with Gasteiger partial charge in [0.2, 0.25) is 5.91 Å². The van der Waals surface area contributed by atoms with Crippen LogP contribution < -0.4 is 5.32 Å². The molecule has 2 rings (SSSR count). The fraction of sp³-hybridized carbons (Fsp3) is 0.211. The van der Waals surface area contributed by atoms with Gasteiger partial charge in [-0.1, -0.05) is 59.6 Å². The molecule has 2 aromatic carbocycles. The standard InChI is InChI=1S/C19H19Cl2NO/c1-19(2,13-14-6-4-3-5-7-14)22-18(23)11-9-15-8-10-16(20)12-17(15)21/h3-12H,13H2,1-2H3,(H,22,23)/b11-9+. The van der Waals surface area contributed by atoms with E-state index in [1.807, 2.05) is 32.0 Å². The molecule has 0 atom stereocenters. The van der Waals surface area contributed by atoms with Crippen LogP contribution in [0.4, 0.5) is 0 Å². The van der Waals surface area contributed by atoms with Crippen molar-refractivity contribution in [2.24, 2.45) is 0 Å². The van der Waals surface area contributed by atoms with Crippen LogP contribution in [0.25, 0.3) is 6.08 Å². The second-order valence-corrected chi connectivity index (χ2v) is 6.88. The van der Waals surface area contributed by atoms with Gasteiger partial charge in [0.1, 0.15) is 0 Å². The lowest BCUT2D eigenvalue weighted by molar-refractivity contribution is -0.117. The first-order valence-electron chi connectivity index (χ1n) is 7.35. The molecule has 0 saturated carbocycles. The monoisotopic (exact) mass is 347 g/mol. The summed E-state index contributed by atoms with van der Waals surface area (Å²) in [5, 5.41) is 4.10. The molecule has 0 bridgehead atoms. The molecule has 0 aliphatic rings. The quantitative estimate of drug-likeness (QED) is 0.745. The molecule has 0 unspecified atom stereocenters. The van der Waals surface area contributed by atoms with Crippen LogP contribution in [0.2, 0.25) is 10.0 Å². The Balaban J connectivity index is 1.99. The van der Waals surface area contributed by atoms with E-state index in [4.69, 9.17) is 23.2 Å². The van der Waals surface area contributed by atoms with Crippen molar-refractivity contribution < 1.29 is 4.79 Å². The number of benzene rings is 2. The summed E-state index contributed by atoms with van der Waals surface area (Å²) in [5.74, 6) is -0.156. The molecule has 0 fully saturated rings. The number of amides is 1. The summed E-state index contributed by atoms with van der Waals surface area (Å²) in [6, 6.07) is 15.3. The van der Waals surface area contributed by atoms with Crippen molar-refractivity contribution in [3.8, 4) is 0 Å². The second-order valence-electron chi connectivity index (χ2n) is 6.03. The number of rotatable bonds is 5. The van der Waals surface area contributed by atoms with Gasteiger partial charge in [0, 0.05) is 21.7 Å². The Kier molecular flexibility index (Phi) is 5.86. The summed E-state index contributed by atoms with van der Waals surface area (Å²) in [7, 11) is 0. The number of hydrogen-bond donors (Lipinski definition) is 1. The predicted octanol–water partition coefficient (Wildman–Crippen LogP) is 5.14. The van der Waals surface area contributed by atoms with Crippen molar-refractivity contribution in [2.45, 2.75) is 25.8 Å². The molecule has 4 heteroatoms. The zero-order valence-corrected chi connectivity index (χ0v) is 14.7. The van der Waals surface area contributed by atoms with E-state index in [-0.39, 0.29) is 11.4 Å². The summed E-state index contributed by atoms with van der Waals surface area (Å²) in [6.45, 7) is 4.00. The van der Waals surface area contributed by atoms with E-state index in [0.717, 1.165) is 12.0 Å². The summed E-state index contributed by atoms with van der Waals surface area (Å²) in [4.78, 5) is 12.1. The largest absolute Gasteiger partial charge is 0.347 e. The maximum atomic E-state index is 12.1. The van der Waals surface area contributed by atoms with E-state index in [1.54, 1.807) is 24.3 Å². The van der Waals surface area contributed by atoms with Crippen molar-refractivity contribution in [1.82, 2.24) is 5.32 Å². The zero-order chi connectivity index (χ0) is 16.9. The average Bonchev–Trinajstić information content (AvgIpc) is 2.46. The predicted molar refractivity (Wildman–Crippen MR) is 97.9 cm³/mol. The third kappa shape index (κ3) is 5.74. The molecule has 120 valence electrons. The molecule has 0 aliphatic heterocycles. The molecule has 2 nitrogen and oxygen atoms in total. The SMILES string of the molecule is CC(C)(Cc1ccccc1)NC(=O)/C=C/c1ccc(Cl)cc1Cl. The van der Waals surface area contributed by atoms with Gasteiger partial charge in [-0.2, -0.15) is 0 Å². The molecule has 0 aliphatic carbocycles. The van der Waals surface area contributed by atoms with Crippen molar-refractivity contribution in [3.63, 3.8) is 0 Å². The minimum atomic E-state index is -0.341. The first kappa shape index (κ1) is 17.6. The highest BCUT2D eigenvalue weighted by Crippen LogP contribution is 2.22. The van der Waals surface area contributed by atoms with Gasteiger partial charge in [0.05, 0.1) is 0 Å². The van der Waals surface area contributed by atoms with Crippen LogP contribution in [-0.2, 0) is 11.2 Å². The van der Waals surface area contributed by atoms with Crippen LogP contribution in [0.1, 0.15) is 25.0 Å². The molecule has 0 aromatic heterocycles. The van der Waals surface area contributed by atoms with Gasteiger partial charge >= 0.3 is 0 Å². The van der Waals surface area contributed by atoms with Gasteiger partial charge in [-0.3, -0.25) is 4.79 Å². The lowest BCUT2D eigenvalue weighted by atomic mass is 9.95. The molecule has 1 amide bonds. The number of carbonyl (C=O) groups excluding carboxylic acids is 1. The van der Waals surface area contributed by atoms with Crippen LogP contribution in [0.5, 0.6) is 0 Å². The number of hydrogen-bond acceptors (Lipinski definition) is 1. The third-order valence-electron chi connectivity index (χ3n) is 3.33. The molecule has 0 radical (unpaired) electrons. The summed E-state index contributed by atoms with van der Waals surface area (Å²) < 4.78 is 0. The Morgan fingerprint density at radius 3 is 2.48 bits per heavy atom. The second kappa shape index (κ2) is 7.67. The fourth-order valence-electron chi connectivity index (χ4n) is 2.33. The van der Waals surface area contributed by atoms with Gasteiger partial charge in [-0.05, 0) is 49.6 Å².